The predicted molar refractivity (Wildman–Crippen MR) is 99.4 cm³/mol. The van der Waals surface area contributed by atoms with Gasteiger partial charge in [-0.3, -0.25) is 19.4 Å². The first-order valence-electron chi connectivity index (χ1n) is 9.39. The van der Waals surface area contributed by atoms with Crippen LogP contribution in [0.3, 0.4) is 0 Å². The molecule has 2 aromatic rings. The summed E-state index contributed by atoms with van der Waals surface area (Å²) in [4.78, 5) is 30.3. The van der Waals surface area contributed by atoms with Gasteiger partial charge in [-0.1, -0.05) is 6.07 Å². The molecule has 4 heterocycles. The number of halogens is 3. The number of hydrogen-bond donors (Lipinski definition) is 1. The molecule has 0 radical (unpaired) electrons. The zero-order valence-corrected chi connectivity index (χ0v) is 16.3. The van der Waals surface area contributed by atoms with E-state index >= 15 is 0 Å². The number of aromatic nitrogens is 3. The van der Waals surface area contributed by atoms with E-state index < -0.39 is 12.1 Å². The van der Waals surface area contributed by atoms with Crippen molar-refractivity contribution < 1.29 is 27.9 Å². The normalized spacial score (nSPS) is 21.1. The van der Waals surface area contributed by atoms with Crippen LogP contribution in [0.1, 0.15) is 28.8 Å². The molecule has 2 saturated heterocycles. The molecule has 0 unspecified atom stereocenters. The number of alkyl halides is 3. The maximum Gasteiger partial charge on any atom is 0.490 e. The average Bonchev–Trinajstić information content (AvgIpc) is 3.40. The zero-order valence-electron chi connectivity index (χ0n) is 16.3. The van der Waals surface area contributed by atoms with Gasteiger partial charge < -0.3 is 10.0 Å². The first-order chi connectivity index (χ1) is 14.2. The van der Waals surface area contributed by atoms with Gasteiger partial charge in [0.15, 0.2) is 0 Å². The number of hydrogen-bond acceptors (Lipinski definition) is 5. The molecule has 2 atom stereocenters. The van der Waals surface area contributed by atoms with Crippen molar-refractivity contribution in [3.8, 4) is 0 Å². The SMILES string of the molecule is Cn1cc(C(=O)N2CC[C@@H]3[C@@H]2CCN3Cc2cccnc2)cn1.O=C(O)C(F)(F)F. The zero-order chi connectivity index (χ0) is 21.9. The molecule has 4 rings (SSSR count). The van der Waals surface area contributed by atoms with Gasteiger partial charge in [-0.25, -0.2) is 4.79 Å². The second kappa shape index (κ2) is 8.82. The summed E-state index contributed by atoms with van der Waals surface area (Å²) in [6.07, 6.45) is 4.23. The number of nitrogens with zero attached hydrogens (tertiary/aromatic N) is 5. The highest BCUT2D eigenvalue weighted by Gasteiger charge is 2.44. The molecule has 0 saturated carbocycles. The van der Waals surface area contributed by atoms with Crippen molar-refractivity contribution in [2.75, 3.05) is 13.1 Å². The number of carboxylic acid groups (broad SMARTS) is 1. The van der Waals surface area contributed by atoms with Crippen LogP contribution >= 0.6 is 0 Å². The van der Waals surface area contributed by atoms with Crippen molar-refractivity contribution >= 4 is 11.9 Å². The van der Waals surface area contributed by atoms with Crippen LogP contribution in [0, 0.1) is 0 Å². The second-order valence-corrected chi connectivity index (χ2v) is 7.25. The molecule has 11 heteroatoms. The molecule has 2 aliphatic rings. The molecule has 0 bridgehead atoms. The number of rotatable bonds is 3. The second-order valence-electron chi connectivity index (χ2n) is 7.25. The highest BCUT2D eigenvalue weighted by atomic mass is 19.4. The Morgan fingerprint density at radius 3 is 2.47 bits per heavy atom. The van der Waals surface area contributed by atoms with E-state index in [9.17, 15) is 18.0 Å². The van der Waals surface area contributed by atoms with Gasteiger partial charge in [0.2, 0.25) is 0 Å². The van der Waals surface area contributed by atoms with E-state index in [1.54, 1.807) is 23.3 Å². The van der Waals surface area contributed by atoms with Crippen molar-refractivity contribution in [1.29, 1.82) is 0 Å². The number of fused-ring (bicyclic) bond motifs is 1. The lowest BCUT2D eigenvalue weighted by molar-refractivity contribution is -0.192. The average molecular weight is 425 g/mol. The van der Waals surface area contributed by atoms with E-state index in [2.05, 4.69) is 21.0 Å². The fourth-order valence-corrected chi connectivity index (χ4v) is 3.95. The number of aryl methyl sites for hydroxylation is 1. The largest absolute Gasteiger partial charge is 0.490 e. The van der Waals surface area contributed by atoms with Crippen molar-refractivity contribution in [1.82, 2.24) is 24.6 Å². The number of amides is 1. The number of aliphatic carboxylic acids is 1. The lowest BCUT2D eigenvalue weighted by atomic mass is 10.1. The van der Waals surface area contributed by atoms with Crippen LogP contribution in [-0.2, 0) is 18.4 Å². The van der Waals surface area contributed by atoms with Gasteiger partial charge in [0.25, 0.3) is 5.91 Å². The van der Waals surface area contributed by atoms with Crippen LogP contribution in [0.4, 0.5) is 13.2 Å². The van der Waals surface area contributed by atoms with Gasteiger partial charge in [0.1, 0.15) is 0 Å². The highest BCUT2D eigenvalue weighted by molar-refractivity contribution is 5.94. The molecule has 2 aromatic heterocycles. The monoisotopic (exact) mass is 425 g/mol. The highest BCUT2D eigenvalue weighted by Crippen LogP contribution is 2.33. The first-order valence-corrected chi connectivity index (χ1v) is 9.39. The smallest absolute Gasteiger partial charge is 0.475 e. The number of carbonyl (C=O) groups is 2. The van der Waals surface area contributed by atoms with Gasteiger partial charge in [-0.05, 0) is 24.5 Å². The minimum atomic E-state index is -5.08. The lowest BCUT2D eigenvalue weighted by Crippen LogP contribution is -2.39. The maximum absolute atomic E-state index is 12.7. The van der Waals surface area contributed by atoms with Crippen LogP contribution in [0.25, 0.3) is 0 Å². The molecule has 0 spiro atoms. The summed E-state index contributed by atoms with van der Waals surface area (Å²) < 4.78 is 33.4. The Hall–Kier alpha value is -2.95. The minimum absolute atomic E-state index is 0.119. The Kier molecular flexibility index (Phi) is 6.40. The third-order valence-corrected chi connectivity index (χ3v) is 5.25. The molecule has 30 heavy (non-hydrogen) atoms. The van der Waals surface area contributed by atoms with Crippen LogP contribution in [-0.4, -0.2) is 72.9 Å². The van der Waals surface area contributed by atoms with Gasteiger partial charge >= 0.3 is 12.1 Å². The molecule has 2 fully saturated rings. The summed E-state index contributed by atoms with van der Waals surface area (Å²) >= 11 is 0. The van der Waals surface area contributed by atoms with E-state index in [-0.39, 0.29) is 5.91 Å². The molecular weight excluding hydrogens is 403 g/mol. The standard InChI is InChI=1S/C17H21N5O.C2HF3O2/c1-20-12-14(10-19-20)17(23)22-8-5-15-16(22)4-7-21(15)11-13-3-2-6-18-9-13;3-2(4,5)1(6)7/h2-3,6,9-10,12,15-16H,4-5,7-8,11H2,1H3;(H,6,7)/t15-,16+;/m1./s1. The Bertz CT molecular complexity index is 887. The quantitative estimate of drug-likeness (QED) is 0.808. The van der Waals surface area contributed by atoms with E-state index in [0.717, 1.165) is 32.5 Å². The number of likely N-dealkylation sites (tertiary alicyclic amines) is 2. The molecule has 8 nitrogen and oxygen atoms in total. The molecule has 0 aliphatic carbocycles. The number of carboxylic acids is 1. The summed E-state index contributed by atoms with van der Waals surface area (Å²) in [5, 5.41) is 11.2. The summed E-state index contributed by atoms with van der Waals surface area (Å²) in [7, 11) is 1.84. The van der Waals surface area contributed by atoms with Crippen molar-refractivity contribution in [3.63, 3.8) is 0 Å². The Morgan fingerprint density at radius 2 is 1.90 bits per heavy atom. The van der Waals surface area contributed by atoms with Crippen molar-refractivity contribution in [3.05, 3.63) is 48.0 Å². The fourth-order valence-electron chi connectivity index (χ4n) is 3.95. The molecule has 162 valence electrons. The third-order valence-electron chi connectivity index (χ3n) is 5.25. The molecule has 1 amide bonds. The van der Waals surface area contributed by atoms with Crippen LogP contribution in [0.15, 0.2) is 36.9 Å². The van der Waals surface area contributed by atoms with E-state index in [4.69, 9.17) is 9.90 Å². The molecule has 0 aromatic carbocycles. The van der Waals surface area contributed by atoms with E-state index in [1.165, 1.54) is 5.56 Å². The lowest BCUT2D eigenvalue weighted by Gasteiger charge is -2.25. The molecule has 1 N–H and O–H groups in total. The Morgan fingerprint density at radius 1 is 1.20 bits per heavy atom. The Balaban J connectivity index is 0.000000318. The van der Waals surface area contributed by atoms with Crippen molar-refractivity contribution in [2.45, 2.75) is 37.6 Å². The molecular formula is C19H22F3N5O3. The van der Waals surface area contributed by atoms with Crippen LogP contribution in [0.5, 0.6) is 0 Å². The topological polar surface area (TPSA) is 91.6 Å². The van der Waals surface area contributed by atoms with Gasteiger partial charge in [-0.2, -0.15) is 18.3 Å². The van der Waals surface area contributed by atoms with Crippen molar-refractivity contribution in [2.24, 2.45) is 7.05 Å². The maximum atomic E-state index is 12.7. The summed E-state index contributed by atoms with van der Waals surface area (Å²) in [6.45, 7) is 2.80. The van der Waals surface area contributed by atoms with Crippen LogP contribution < -0.4 is 0 Å². The minimum Gasteiger partial charge on any atom is -0.475 e. The number of carbonyl (C=O) groups excluding carboxylic acids is 1. The summed E-state index contributed by atoms with van der Waals surface area (Å²) in [6, 6.07) is 4.90. The third kappa shape index (κ3) is 4.96. The van der Waals surface area contributed by atoms with Gasteiger partial charge in [0, 0.05) is 57.4 Å². The fraction of sp³-hybridized carbons (Fsp3) is 0.474. The van der Waals surface area contributed by atoms with Gasteiger partial charge in [0.05, 0.1) is 11.8 Å². The summed E-state index contributed by atoms with van der Waals surface area (Å²) in [5.74, 6) is -2.64. The number of pyridine rings is 1. The van der Waals surface area contributed by atoms with Gasteiger partial charge in [-0.15, -0.1) is 0 Å². The molecule has 2 aliphatic heterocycles. The first kappa shape index (κ1) is 21.8. The van der Waals surface area contributed by atoms with E-state index in [1.807, 2.05) is 24.2 Å². The van der Waals surface area contributed by atoms with E-state index in [0.29, 0.717) is 17.6 Å². The summed E-state index contributed by atoms with van der Waals surface area (Å²) in [5.41, 5.74) is 1.93. The van der Waals surface area contributed by atoms with Crippen LogP contribution in [0.2, 0.25) is 0 Å². The Labute approximate surface area is 170 Å². The predicted octanol–water partition coefficient (Wildman–Crippen LogP) is 1.94.